The summed E-state index contributed by atoms with van der Waals surface area (Å²) in [6.45, 7) is 19.6. The minimum Gasteiger partial charge on any atom is -0.372 e. The molecular formula is C26H38N7OS2+. The largest absolute Gasteiger partial charge is 0.372 e. The highest BCUT2D eigenvalue weighted by atomic mass is 32.2. The first-order chi connectivity index (χ1) is 17.4. The van der Waals surface area contributed by atoms with Gasteiger partial charge in [0.2, 0.25) is 11.6 Å². The molecular weight excluding hydrogens is 490 g/mol. The number of thiazole rings is 1. The second kappa shape index (κ2) is 13.0. The molecule has 1 aliphatic heterocycles. The SMILES string of the molecule is CCN(CC)c1ccc(N=C2SC(=[N+](CC)CC)N=C2c2sc(N(CC)CC)nc2NC(C)=O)cc1. The number of aliphatic imine (C=N–C) groups is 2. The van der Waals surface area contributed by atoms with Crippen LogP contribution in [0.5, 0.6) is 0 Å². The van der Waals surface area contributed by atoms with Crippen molar-refractivity contribution in [2.45, 2.75) is 48.5 Å². The van der Waals surface area contributed by atoms with Crippen LogP contribution >= 0.6 is 23.1 Å². The molecule has 0 radical (unpaired) electrons. The van der Waals surface area contributed by atoms with Crippen molar-refractivity contribution >= 4 is 67.3 Å². The molecule has 0 spiro atoms. The first-order valence-electron chi connectivity index (χ1n) is 12.7. The van der Waals surface area contributed by atoms with Gasteiger partial charge in [-0.15, -0.1) is 0 Å². The molecule has 0 saturated carbocycles. The molecule has 2 aromatic rings. The van der Waals surface area contributed by atoms with E-state index in [-0.39, 0.29) is 5.91 Å². The maximum absolute atomic E-state index is 12.0. The lowest BCUT2D eigenvalue weighted by Crippen LogP contribution is -2.21. The third-order valence-corrected chi connectivity index (χ3v) is 8.13. The number of carbonyl (C=O) groups excluding carboxylic acids is 1. The van der Waals surface area contributed by atoms with Crippen LogP contribution in [0, 0.1) is 0 Å². The normalized spacial score (nSPS) is 14.2. The van der Waals surface area contributed by atoms with Gasteiger partial charge in [0.25, 0.3) is 0 Å². The third kappa shape index (κ3) is 6.34. The van der Waals surface area contributed by atoms with Gasteiger partial charge in [-0.05, 0) is 70.8 Å². The quantitative estimate of drug-likeness (QED) is 0.392. The lowest BCUT2D eigenvalue weighted by atomic mass is 10.2. The molecule has 0 aliphatic carbocycles. The number of anilines is 3. The van der Waals surface area contributed by atoms with Crippen LogP contribution in [0.3, 0.4) is 0 Å². The Morgan fingerprint density at radius 1 is 0.972 bits per heavy atom. The molecule has 1 N–H and O–H groups in total. The van der Waals surface area contributed by atoms with Crippen LogP contribution in [0.1, 0.15) is 53.3 Å². The maximum Gasteiger partial charge on any atom is 0.361 e. The Bertz CT molecular complexity index is 1140. The Balaban J connectivity index is 2.12. The molecule has 2 heterocycles. The Labute approximate surface area is 223 Å². The van der Waals surface area contributed by atoms with Gasteiger partial charge in [-0.1, -0.05) is 11.3 Å². The van der Waals surface area contributed by atoms with E-state index < -0.39 is 0 Å². The van der Waals surface area contributed by atoms with Gasteiger partial charge >= 0.3 is 5.17 Å². The first-order valence-corrected chi connectivity index (χ1v) is 14.4. The summed E-state index contributed by atoms with van der Waals surface area (Å²) >= 11 is 3.12. The molecule has 0 atom stereocenters. The topological polar surface area (TPSA) is 76.2 Å². The number of hydrogen-bond acceptors (Lipinski definition) is 7. The van der Waals surface area contributed by atoms with E-state index >= 15 is 0 Å². The summed E-state index contributed by atoms with van der Waals surface area (Å²) in [7, 11) is 0. The average molecular weight is 529 g/mol. The summed E-state index contributed by atoms with van der Waals surface area (Å²) < 4.78 is 2.22. The number of nitrogens with one attached hydrogen (secondary N) is 1. The zero-order chi connectivity index (χ0) is 26.2. The van der Waals surface area contributed by atoms with Crippen LogP contribution in [0.4, 0.5) is 22.3 Å². The zero-order valence-electron chi connectivity index (χ0n) is 22.5. The molecule has 0 unspecified atom stereocenters. The molecule has 3 rings (SSSR count). The van der Waals surface area contributed by atoms with E-state index in [9.17, 15) is 4.79 Å². The van der Waals surface area contributed by atoms with Crippen molar-refractivity contribution in [3.8, 4) is 0 Å². The predicted molar refractivity (Wildman–Crippen MR) is 158 cm³/mol. The average Bonchev–Trinajstić information content (AvgIpc) is 3.46. The highest BCUT2D eigenvalue weighted by Gasteiger charge is 2.37. The van der Waals surface area contributed by atoms with Crippen LogP contribution in [-0.4, -0.2) is 70.7 Å². The van der Waals surface area contributed by atoms with Gasteiger partial charge in [-0.25, -0.2) is 9.98 Å². The molecule has 1 aromatic carbocycles. The number of amides is 1. The molecule has 1 aliphatic rings. The van der Waals surface area contributed by atoms with Crippen molar-refractivity contribution in [2.75, 3.05) is 54.4 Å². The van der Waals surface area contributed by atoms with Gasteiger partial charge in [-0.3, -0.25) is 9.37 Å². The molecule has 1 amide bonds. The number of nitrogens with zero attached hydrogens (tertiary/aromatic N) is 6. The second-order valence-corrected chi connectivity index (χ2v) is 10.1. The van der Waals surface area contributed by atoms with E-state index in [1.54, 1.807) is 23.1 Å². The monoisotopic (exact) mass is 528 g/mol. The highest BCUT2D eigenvalue weighted by Crippen LogP contribution is 2.36. The molecule has 0 saturated heterocycles. The van der Waals surface area contributed by atoms with E-state index in [1.807, 2.05) is 0 Å². The molecule has 194 valence electrons. The zero-order valence-corrected chi connectivity index (χ0v) is 24.1. The number of benzene rings is 1. The van der Waals surface area contributed by atoms with Gasteiger partial charge in [-0.2, -0.15) is 0 Å². The van der Waals surface area contributed by atoms with E-state index in [0.717, 1.165) is 70.9 Å². The maximum atomic E-state index is 12.0. The first kappa shape index (κ1) is 27.9. The van der Waals surface area contributed by atoms with E-state index in [0.29, 0.717) is 5.82 Å². The lowest BCUT2D eigenvalue weighted by molar-refractivity contribution is -0.518. The Kier molecular flexibility index (Phi) is 10.1. The summed E-state index contributed by atoms with van der Waals surface area (Å²) in [6, 6.07) is 8.34. The third-order valence-electron chi connectivity index (χ3n) is 6.00. The van der Waals surface area contributed by atoms with Crippen LogP contribution in [0.2, 0.25) is 0 Å². The molecule has 8 nitrogen and oxygen atoms in total. The Morgan fingerprint density at radius 3 is 2.11 bits per heavy atom. The number of rotatable bonds is 11. The summed E-state index contributed by atoms with van der Waals surface area (Å²) in [5.41, 5.74) is 2.82. The Morgan fingerprint density at radius 2 is 1.58 bits per heavy atom. The minimum atomic E-state index is -0.155. The summed E-state index contributed by atoms with van der Waals surface area (Å²) in [5.74, 6) is 0.386. The van der Waals surface area contributed by atoms with Crippen molar-refractivity contribution in [2.24, 2.45) is 9.98 Å². The second-order valence-electron chi connectivity index (χ2n) is 8.15. The predicted octanol–water partition coefficient (Wildman–Crippen LogP) is 5.47. The molecule has 0 bridgehead atoms. The Hall–Kier alpha value is -2.72. The van der Waals surface area contributed by atoms with Crippen LogP contribution in [0.25, 0.3) is 0 Å². The fourth-order valence-corrected chi connectivity index (χ4v) is 6.24. The number of carbonyl (C=O) groups is 1. The van der Waals surface area contributed by atoms with Gasteiger partial charge < -0.3 is 15.1 Å². The van der Waals surface area contributed by atoms with Crippen LogP contribution in [-0.2, 0) is 4.79 Å². The number of hydrogen-bond donors (Lipinski definition) is 1. The summed E-state index contributed by atoms with van der Waals surface area (Å²) in [5, 5.41) is 5.52. The van der Waals surface area contributed by atoms with Gasteiger partial charge in [0.05, 0.1) is 18.8 Å². The van der Waals surface area contributed by atoms with Gasteiger partial charge in [0, 0.05) is 50.6 Å². The fraction of sp³-hybridized carbons (Fsp3) is 0.500. The number of thioether (sulfide) groups is 1. The standard InChI is InChI=1S/C26H37N7OS2/c1-8-31(9-2)20-16-14-19(15-17-20)28-24-21(29-25(36-24)32(10-3)11-4)22-23(27-18(7)34)30-26(35-22)33(12-5)13-6/h14-17H,8-13H2,1-7H3/p+1. The van der Waals surface area contributed by atoms with Gasteiger partial charge in [0.1, 0.15) is 4.88 Å². The molecule has 1 aromatic heterocycles. The highest BCUT2D eigenvalue weighted by molar-refractivity contribution is 8.28. The van der Waals surface area contributed by atoms with Crippen molar-refractivity contribution in [3.05, 3.63) is 29.1 Å². The van der Waals surface area contributed by atoms with Crippen molar-refractivity contribution in [3.63, 3.8) is 0 Å². The van der Waals surface area contributed by atoms with E-state index in [2.05, 4.69) is 85.5 Å². The fourth-order valence-electron chi connectivity index (χ4n) is 3.95. The molecule has 36 heavy (non-hydrogen) atoms. The van der Waals surface area contributed by atoms with Crippen LogP contribution < -0.4 is 15.1 Å². The molecule has 10 heteroatoms. The number of amidine groups is 1. The number of aromatic nitrogens is 1. The van der Waals surface area contributed by atoms with Crippen LogP contribution in [0.15, 0.2) is 34.3 Å². The van der Waals surface area contributed by atoms with Crippen molar-refractivity contribution in [1.29, 1.82) is 0 Å². The van der Waals surface area contributed by atoms with E-state index in [1.165, 1.54) is 12.6 Å². The van der Waals surface area contributed by atoms with Crippen molar-refractivity contribution in [1.82, 2.24) is 4.98 Å². The smallest absolute Gasteiger partial charge is 0.361 e. The van der Waals surface area contributed by atoms with E-state index in [4.69, 9.17) is 15.0 Å². The molecule has 0 fully saturated rings. The van der Waals surface area contributed by atoms with Crippen molar-refractivity contribution < 1.29 is 9.37 Å². The van der Waals surface area contributed by atoms with Gasteiger partial charge in [0.15, 0.2) is 16.0 Å². The summed E-state index contributed by atoms with van der Waals surface area (Å²) in [4.78, 5) is 32.2. The minimum absolute atomic E-state index is 0.155. The lowest BCUT2D eigenvalue weighted by Gasteiger charge is -2.20. The summed E-state index contributed by atoms with van der Waals surface area (Å²) in [6.07, 6.45) is 0.